The summed E-state index contributed by atoms with van der Waals surface area (Å²) in [7, 11) is 0. The van der Waals surface area contributed by atoms with Crippen molar-refractivity contribution in [2.24, 2.45) is 5.73 Å². The summed E-state index contributed by atoms with van der Waals surface area (Å²) >= 11 is 1.61. The molecule has 1 amide bonds. The molecule has 0 aliphatic heterocycles. The van der Waals surface area contributed by atoms with Crippen molar-refractivity contribution in [1.82, 2.24) is 14.8 Å². The largest absolute Gasteiger partial charge is 0.467 e. The molecule has 2 N–H and O–H groups in total. The van der Waals surface area contributed by atoms with E-state index in [4.69, 9.17) is 10.2 Å². The second-order valence-electron chi connectivity index (χ2n) is 5.80. The first-order chi connectivity index (χ1) is 12.1. The van der Waals surface area contributed by atoms with E-state index in [-0.39, 0.29) is 12.3 Å². The van der Waals surface area contributed by atoms with Crippen LogP contribution in [0.1, 0.15) is 29.1 Å². The second-order valence-corrected chi connectivity index (χ2v) is 6.75. The van der Waals surface area contributed by atoms with Gasteiger partial charge < -0.3 is 10.2 Å². The van der Waals surface area contributed by atoms with Crippen molar-refractivity contribution in [3.8, 4) is 0 Å². The van der Waals surface area contributed by atoms with Crippen LogP contribution in [-0.2, 0) is 23.5 Å². The maximum absolute atomic E-state index is 11.1. The van der Waals surface area contributed by atoms with Gasteiger partial charge in [-0.25, -0.2) is 0 Å². The van der Waals surface area contributed by atoms with E-state index < -0.39 is 0 Å². The van der Waals surface area contributed by atoms with Gasteiger partial charge in [0.25, 0.3) is 0 Å². The van der Waals surface area contributed by atoms with Gasteiger partial charge in [0.05, 0.1) is 12.8 Å². The lowest BCUT2D eigenvalue weighted by atomic mass is 10.2. The third kappa shape index (κ3) is 4.73. The van der Waals surface area contributed by atoms with Crippen molar-refractivity contribution in [2.75, 3.05) is 0 Å². The lowest BCUT2D eigenvalue weighted by molar-refractivity contribution is -0.118. The number of aromatic nitrogens is 3. The Bertz CT molecular complexity index is 825. The number of rotatable bonds is 8. The molecule has 0 fully saturated rings. The van der Waals surface area contributed by atoms with Crippen LogP contribution < -0.4 is 5.73 Å². The molecular formula is C18H20N4O2S. The molecule has 0 unspecified atom stereocenters. The van der Waals surface area contributed by atoms with Gasteiger partial charge in [-0.1, -0.05) is 41.6 Å². The van der Waals surface area contributed by atoms with E-state index in [0.717, 1.165) is 22.5 Å². The number of aryl methyl sites for hydroxylation is 2. The Balaban J connectivity index is 1.76. The summed E-state index contributed by atoms with van der Waals surface area (Å²) in [5.41, 5.74) is 7.72. The summed E-state index contributed by atoms with van der Waals surface area (Å²) in [5.74, 6) is 2.01. The number of furan rings is 1. The number of primary amides is 1. The van der Waals surface area contributed by atoms with E-state index in [0.29, 0.717) is 13.0 Å². The number of benzene rings is 1. The van der Waals surface area contributed by atoms with Crippen LogP contribution in [-0.4, -0.2) is 20.7 Å². The van der Waals surface area contributed by atoms with Gasteiger partial charge in [0.2, 0.25) is 5.91 Å². The van der Waals surface area contributed by atoms with Crippen LogP contribution >= 0.6 is 11.8 Å². The molecule has 0 aliphatic rings. The summed E-state index contributed by atoms with van der Waals surface area (Å²) in [6, 6.07) is 12.2. The van der Waals surface area contributed by atoms with Crippen LogP contribution in [0.25, 0.3) is 0 Å². The number of nitrogens with zero attached hydrogens (tertiary/aromatic N) is 3. The lowest BCUT2D eigenvalue weighted by Crippen LogP contribution is -2.14. The molecule has 3 aromatic rings. The number of hydrogen-bond donors (Lipinski definition) is 1. The third-order valence-electron chi connectivity index (χ3n) is 3.77. The zero-order chi connectivity index (χ0) is 17.6. The predicted molar refractivity (Wildman–Crippen MR) is 96.1 cm³/mol. The minimum absolute atomic E-state index is 0.249. The summed E-state index contributed by atoms with van der Waals surface area (Å²) in [5, 5.41) is 9.33. The topological polar surface area (TPSA) is 86.9 Å². The molecule has 0 bridgehead atoms. The first-order valence-corrected chi connectivity index (χ1v) is 9.01. The fourth-order valence-corrected chi connectivity index (χ4v) is 3.31. The Morgan fingerprint density at radius 3 is 2.72 bits per heavy atom. The smallest absolute Gasteiger partial charge is 0.217 e. The maximum Gasteiger partial charge on any atom is 0.217 e. The van der Waals surface area contributed by atoms with Gasteiger partial charge >= 0.3 is 0 Å². The van der Waals surface area contributed by atoms with Crippen molar-refractivity contribution >= 4 is 17.7 Å². The van der Waals surface area contributed by atoms with Gasteiger partial charge in [-0.05, 0) is 24.6 Å². The number of amides is 1. The summed E-state index contributed by atoms with van der Waals surface area (Å²) in [6.45, 7) is 2.60. The normalized spacial score (nSPS) is 10.9. The van der Waals surface area contributed by atoms with Crippen LogP contribution in [0.2, 0.25) is 0 Å². The first kappa shape index (κ1) is 17.3. The number of thioether (sulfide) groups is 1. The van der Waals surface area contributed by atoms with Crippen molar-refractivity contribution in [3.63, 3.8) is 0 Å². The summed E-state index contributed by atoms with van der Waals surface area (Å²) in [4.78, 5) is 11.1. The van der Waals surface area contributed by atoms with Crippen molar-refractivity contribution in [3.05, 3.63) is 65.4 Å². The van der Waals surface area contributed by atoms with Crippen LogP contribution in [0, 0.1) is 6.92 Å². The number of carbonyl (C=O) groups excluding carboxylic acids is 1. The number of nitrogens with two attached hydrogens (primary N) is 1. The van der Waals surface area contributed by atoms with Gasteiger partial charge in [-0.2, -0.15) is 0 Å². The molecule has 2 aromatic heterocycles. The molecule has 2 heterocycles. The number of hydrogen-bond acceptors (Lipinski definition) is 5. The molecule has 0 saturated heterocycles. The standard InChI is InChI=1S/C18H20N4O2S/c1-13-4-6-14(7-5-13)12-25-18-21-20-17(9-8-16(19)23)22(18)11-15-3-2-10-24-15/h2-7,10H,8-9,11-12H2,1H3,(H2,19,23). The van der Waals surface area contributed by atoms with Crippen LogP contribution in [0.5, 0.6) is 0 Å². The van der Waals surface area contributed by atoms with Gasteiger partial charge in [0, 0.05) is 18.6 Å². The molecule has 0 atom stereocenters. The average Bonchev–Trinajstić information content (AvgIpc) is 3.23. The molecular weight excluding hydrogens is 336 g/mol. The van der Waals surface area contributed by atoms with Crippen molar-refractivity contribution in [2.45, 2.75) is 37.2 Å². The van der Waals surface area contributed by atoms with E-state index in [2.05, 4.69) is 41.4 Å². The highest BCUT2D eigenvalue weighted by molar-refractivity contribution is 7.98. The Kier molecular flexibility index (Phi) is 5.55. The molecule has 0 saturated carbocycles. The Morgan fingerprint density at radius 1 is 1.24 bits per heavy atom. The maximum atomic E-state index is 11.1. The molecule has 25 heavy (non-hydrogen) atoms. The van der Waals surface area contributed by atoms with Gasteiger partial charge in [0.1, 0.15) is 11.6 Å². The molecule has 0 radical (unpaired) electrons. The highest BCUT2D eigenvalue weighted by atomic mass is 32.2. The third-order valence-corrected chi connectivity index (χ3v) is 4.81. The molecule has 130 valence electrons. The second kappa shape index (κ2) is 8.02. The van der Waals surface area contributed by atoms with Crippen LogP contribution in [0.4, 0.5) is 0 Å². The fourth-order valence-electron chi connectivity index (χ4n) is 2.40. The SMILES string of the molecule is Cc1ccc(CSc2nnc(CCC(N)=O)n2Cc2ccco2)cc1. The monoisotopic (exact) mass is 356 g/mol. The van der Waals surface area contributed by atoms with Crippen molar-refractivity contribution < 1.29 is 9.21 Å². The van der Waals surface area contributed by atoms with E-state index in [1.54, 1.807) is 18.0 Å². The van der Waals surface area contributed by atoms with E-state index in [1.165, 1.54) is 11.1 Å². The minimum Gasteiger partial charge on any atom is -0.467 e. The van der Waals surface area contributed by atoms with E-state index in [1.807, 2.05) is 16.7 Å². The fraction of sp³-hybridized carbons (Fsp3) is 0.278. The highest BCUT2D eigenvalue weighted by Gasteiger charge is 2.15. The Hall–Kier alpha value is -2.54. The Morgan fingerprint density at radius 2 is 2.04 bits per heavy atom. The summed E-state index contributed by atoms with van der Waals surface area (Å²) < 4.78 is 7.43. The average molecular weight is 356 g/mol. The van der Waals surface area contributed by atoms with Gasteiger partial charge in [-0.15, -0.1) is 10.2 Å². The molecule has 0 aliphatic carbocycles. The quantitative estimate of drug-likeness (QED) is 0.627. The van der Waals surface area contributed by atoms with E-state index >= 15 is 0 Å². The van der Waals surface area contributed by atoms with Crippen LogP contribution in [0.3, 0.4) is 0 Å². The zero-order valence-electron chi connectivity index (χ0n) is 14.0. The molecule has 7 heteroatoms. The van der Waals surface area contributed by atoms with E-state index in [9.17, 15) is 4.79 Å². The zero-order valence-corrected chi connectivity index (χ0v) is 14.8. The molecule has 6 nitrogen and oxygen atoms in total. The van der Waals surface area contributed by atoms with Crippen LogP contribution in [0.15, 0.2) is 52.2 Å². The molecule has 3 rings (SSSR count). The van der Waals surface area contributed by atoms with Gasteiger partial charge in [-0.3, -0.25) is 9.36 Å². The lowest BCUT2D eigenvalue weighted by Gasteiger charge is -2.08. The number of carbonyl (C=O) groups is 1. The summed E-state index contributed by atoms with van der Waals surface area (Å²) in [6.07, 6.45) is 2.36. The predicted octanol–water partition coefficient (Wildman–Crippen LogP) is 2.94. The minimum atomic E-state index is -0.346. The first-order valence-electron chi connectivity index (χ1n) is 8.03. The van der Waals surface area contributed by atoms with Crippen molar-refractivity contribution in [1.29, 1.82) is 0 Å². The molecule has 1 aromatic carbocycles. The Labute approximate surface area is 150 Å². The highest BCUT2D eigenvalue weighted by Crippen LogP contribution is 2.23. The molecule has 0 spiro atoms. The van der Waals surface area contributed by atoms with Gasteiger partial charge in [0.15, 0.2) is 5.16 Å².